The van der Waals surface area contributed by atoms with Crippen LogP contribution < -0.4 is 10.6 Å². The van der Waals surface area contributed by atoms with E-state index in [1.54, 1.807) is 7.11 Å². The Morgan fingerprint density at radius 1 is 1.26 bits per heavy atom. The molecule has 1 fully saturated rings. The van der Waals surface area contributed by atoms with Crippen LogP contribution in [0.15, 0.2) is 6.20 Å². The number of methoxy groups -OCH3 is 1. The average molecular weight is 262 g/mol. The first-order valence-corrected chi connectivity index (χ1v) is 6.69. The molecule has 0 radical (unpaired) electrons. The van der Waals surface area contributed by atoms with Crippen molar-refractivity contribution < 1.29 is 9.53 Å². The van der Waals surface area contributed by atoms with E-state index < -0.39 is 0 Å². The molecule has 6 nitrogen and oxygen atoms in total. The number of aromatic nitrogens is 2. The predicted molar refractivity (Wildman–Crippen MR) is 71.2 cm³/mol. The van der Waals surface area contributed by atoms with Gasteiger partial charge in [0.1, 0.15) is 0 Å². The van der Waals surface area contributed by atoms with Gasteiger partial charge in [0.15, 0.2) is 11.6 Å². The normalized spacial score (nSPS) is 26.3. The van der Waals surface area contributed by atoms with Gasteiger partial charge in [0.2, 0.25) is 5.91 Å². The van der Waals surface area contributed by atoms with Crippen molar-refractivity contribution in [1.82, 2.24) is 9.97 Å². The van der Waals surface area contributed by atoms with E-state index in [1.165, 1.54) is 0 Å². The van der Waals surface area contributed by atoms with Gasteiger partial charge in [-0.15, -0.1) is 0 Å². The summed E-state index contributed by atoms with van der Waals surface area (Å²) in [5, 5.41) is 5.71. The summed E-state index contributed by atoms with van der Waals surface area (Å²) in [4.78, 5) is 20.2. The van der Waals surface area contributed by atoms with Crippen LogP contribution in [0.4, 0.5) is 11.6 Å². The molecule has 19 heavy (non-hydrogen) atoms. The Morgan fingerprint density at radius 3 is 2.79 bits per heavy atom. The number of amides is 1. The summed E-state index contributed by atoms with van der Waals surface area (Å²) in [6, 6.07) is 0. The van der Waals surface area contributed by atoms with Gasteiger partial charge in [0, 0.05) is 13.0 Å². The quantitative estimate of drug-likeness (QED) is 0.845. The number of ether oxygens (including phenoxy) is 1. The van der Waals surface area contributed by atoms with E-state index in [9.17, 15) is 4.79 Å². The highest BCUT2D eigenvalue weighted by Gasteiger charge is 2.25. The molecule has 3 rings (SSSR count). The Labute approximate surface area is 112 Å². The predicted octanol–water partition coefficient (Wildman–Crippen LogP) is 1.51. The molecule has 2 aliphatic rings. The molecule has 1 aromatic heterocycles. The highest BCUT2D eigenvalue weighted by Crippen LogP contribution is 2.34. The second kappa shape index (κ2) is 5.13. The van der Waals surface area contributed by atoms with Gasteiger partial charge in [-0.25, -0.2) is 9.97 Å². The summed E-state index contributed by atoms with van der Waals surface area (Å²) in [6.07, 6.45) is 6.44. The second-order valence-corrected chi connectivity index (χ2v) is 5.10. The van der Waals surface area contributed by atoms with Gasteiger partial charge in [0.25, 0.3) is 0 Å². The van der Waals surface area contributed by atoms with Crippen LogP contribution in [0.1, 0.15) is 37.3 Å². The van der Waals surface area contributed by atoms with Crippen LogP contribution in [0.3, 0.4) is 0 Å². The van der Waals surface area contributed by atoms with Crippen molar-refractivity contribution in [1.29, 1.82) is 0 Å². The number of carbonyl (C=O) groups is 1. The molecular weight excluding hydrogens is 244 g/mol. The van der Waals surface area contributed by atoms with Gasteiger partial charge >= 0.3 is 0 Å². The molecule has 0 unspecified atom stereocenters. The maximum atomic E-state index is 11.3. The smallest absolute Gasteiger partial charge is 0.244 e. The molecule has 2 heterocycles. The fraction of sp³-hybridized carbons (Fsp3) is 0.615. The number of nitrogens with one attached hydrogen (secondary N) is 2. The van der Waals surface area contributed by atoms with Crippen molar-refractivity contribution in [3.05, 3.63) is 11.9 Å². The Kier molecular flexibility index (Phi) is 3.33. The molecule has 1 aliphatic heterocycles. The summed E-state index contributed by atoms with van der Waals surface area (Å²) < 4.78 is 5.38. The lowest BCUT2D eigenvalue weighted by Crippen LogP contribution is -2.29. The van der Waals surface area contributed by atoms with Crippen molar-refractivity contribution >= 4 is 17.5 Å². The first-order valence-electron chi connectivity index (χ1n) is 6.69. The van der Waals surface area contributed by atoms with E-state index in [-0.39, 0.29) is 12.5 Å². The molecular formula is C13H18N4O2. The topological polar surface area (TPSA) is 76.1 Å². The Morgan fingerprint density at radius 2 is 2.05 bits per heavy atom. The van der Waals surface area contributed by atoms with Gasteiger partial charge in [0.05, 0.1) is 24.5 Å². The summed E-state index contributed by atoms with van der Waals surface area (Å²) in [5.41, 5.74) is 0.970. The molecule has 1 saturated carbocycles. The minimum absolute atomic E-state index is 0.0676. The average Bonchev–Trinajstić information content (AvgIpc) is 2.46. The lowest BCUT2D eigenvalue weighted by atomic mass is 9.85. The van der Waals surface area contributed by atoms with E-state index in [0.717, 1.165) is 31.4 Å². The molecule has 0 saturated heterocycles. The minimum atomic E-state index is -0.0676. The van der Waals surface area contributed by atoms with Crippen LogP contribution in [0, 0.1) is 0 Å². The third-order valence-electron chi connectivity index (χ3n) is 3.89. The van der Waals surface area contributed by atoms with Gasteiger partial charge in [-0.3, -0.25) is 4.79 Å². The lowest BCUT2D eigenvalue weighted by molar-refractivity contribution is -0.114. The molecule has 1 aliphatic carbocycles. The summed E-state index contributed by atoms with van der Waals surface area (Å²) in [5.74, 6) is 1.57. The molecule has 0 atom stereocenters. The highest BCUT2D eigenvalue weighted by atomic mass is 16.5. The Bertz CT molecular complexity index is 484. The van der Waals surface area contributed by atoms with E-state index in [2.05, 4.69) is 20.6 Å². The summed E-state index contributed by atoms with van der Waals surface area (Å²) in [7, 11) is 1.77. The van der Waals surface area contributed by atoms with Gasteiger partial charge in [-0.05, 0) is 25.7 Å². The molecule has 6 heteroatoms. The van der Waals surface area contributed by atoms with E-state index in [4.69, 9.17) is 4.74 Å². The van der Waals surface area contributed by atoms with Crippen LogP contribution in [0.5, 0.6) is 0 Å². The van der Waals surface area contributed by atoms with E-state index >= 15 is 0 Å². The molecule has 0 aromatic carbocycles. The zero-order chi connectivity index (χ0) is 13.2. The van der Waals surface area contributed by atoms with Crippen LogP contribution >= 0.6 is 0 Å². The first kappa shape index (κ1) is 12.3. The van der Waals surface area contributed by atoms with Crippen LogP contribution in [0.2, 0.25) is 0 Å². The number of hydrogen-bond donors (Lipinski definition) is 2. The van der Waals surface area contributed by atoms with Gasteiger partial charge in [-0.2, -0.15) is 0 Å². The number of carbonyl (C=O) groups excluding carboxylic acids is 1. The monoisotopic (exact) mass is 262 g/mol. The molecule has 2 N–H and O–H groups in total. The molecule has 1 aromatic rings. The Hall–Kier alpha value is -1.69. The van der Waals surface area contributed by atoms with Crippen LogP contribution in [-0.2, 0) is 9.53 Å². The number of rotatable bonds is 2. The van der Waals surface area contributed by atoms with Crippen LogP contribution in [-0.4, -0.2) is 35.6 Å². The van der Waals surface area contributed by atoms with E-state index in [1.807, 2.05) is 6.20 Å². The summed E-state index contributed by atoms with van der Waals surface area (Å²) >= 11 is 0. The number of hydrogen-bond acceptors (Lipinski definition) is 5. The molecule has 102 valence electrons. The first-order chi connectivity index (χ1) is 9.26. The number of fused-ring (bicyclic) bond motifs is 1. The van der Waals surface area contributed by atoms with Crippen LogP contribution in [0.25, 0.3) is 0 Å². The fourth-order valence-corrected chi connectivity index (χ4v) is 2.75. The zero-order valence-electron chi connectivity index (χ0n) is 11.0. The van der Waals surface area contributed by atoms with Gasteiger partial charge < -0.3 is 15.4 Å². The Balaban J connectivity index is 1.75. The van der Waals surface area contributed by atoms with Crippen molar-refractivity contribution in [3.63, 3.8) is 0 Å². The second-order valence-electron chi connectivity index (χ2n) is 5.10. The molecule has 1 amide bonds. The van der Waals surface area contributed by atoms with Crippen molar-refractivity contribution in [2.45, 2.75) is 37.7 Å². The highest BCUT2D eigenvalue weighted by molar-refractivity contribution is 5.98. The van der Waals surface area contributed by atoms with Crippen molar-refractivity contribution in [2.24, 2.45) is 0 Å². The van der Waals surface area contributed by atoms with Crippen molar-refractivity contribution in [2.75, 3.05) is 24.3 Å². The van der Waals surface area contributed by atoms with E-state index in [0.29, 0.717) is 23.7 Å². The maximum absolute atomic E-state index is 11.3. The fourth-order valence-electron chi connectivity index (χ4n) is 2.75. The number of nitrogens with zero attached hydrogens (tertiary/aromatic N) is 2. The zero-order valence-corrected chi connectivity index (χ0v) is 11.0. The third kappa shape index (κ3) is 2.53. The number of anilines is 2. The lowest BCUT2D eigenvalue weighted by Gasteiger charge is -2.27. The third-order valence-corrected chi connectivity index (χ3v) is 3.89. The SMILES string of the molecule is COC1CCC(c2cnc3c(n2)NC(=O)CN3)CC1. The largest absolute Gasteiger partial charge is 0.381 e. The summed E-state index contributed by atoms with van der Waals surface area (Å²) in [6.45, 7) is 0.264. The standard InChI is InChI=1S/C13H18N4O2/c1-19-9-4-2-8(3-5-9)10-6-14-12-13(16-10)17-11(18)7-15-12/h6,8-9H,2-5,7H2,1H3,(H,14,15)(H,16,17,18). The molecule has 0 bridgehead atoms. The van der Waals surface area contributed by atoms with Gasteiger partial charge in [-0.1, -0.05) is 0 Å². The van der Waals surface area contributed by atoms with Crippen molar-refractivity contribution in [3.8, 4) is 0 Å². The minimum Gasteiger partial charge on any atom is -0.381 e. The molecule has 0 spiro atoms. The maximum Gasteiger partial charge on any atom is 0.244 e.